The van der Waals surface area contributed by atoms with E-state index in [1.54, 1.807) is 23.5 Å². The lowest BCUT2D eigenvalue weighted by Crippen LogP contribution is -2.22. The van der Waals surface area contributed by atoms with E-state index in [0.29, 0.717) is 29.3 Å². The number of aromatic nitrogens is 2. The number of fused-ring (bicyclic) bond motifs is 1. The first-order valence-corrected chi connectivity index (χ1v) is 8.95. The molecule has 0 amide bonds. The molecule has 3 aromatic rings. The molecule has 4 rings (SSSR count). The van der Waals surface area contributed by atoms with Crippen molar-refractivity contribution >= 4 is 28.8 Å². The van der Waals surface area contributed by atoms with Gasteiger partial charge in [-0.05, 0) is 49.1 Å². The minimum absolute atomic E-state index is 0.102. The second-order valence-corrected chi connectivity index (χ2v) is 7.11. The van der Waals surface area contributed by atoms with Gasteiger partial charge in [0.15, 0.2) is 5.78 Å². The van der Waals surface area contributed by atoms with Gasteiger partial charge in [0.25, 0.3) is 0 Å². The fourth-order valence-electron chi connectivity index (χ4n) is 3.22. The molecule has 1 N–H and O–H groups in total. The second-order valence-electron chi connectivity index (χ2n) is 6.13. The first-order chi connectivity index (χ1) is 12.1. The first kappa shape index (κ1) is 15.9. The summed E-state index contributed by atoms with van der Waals surface area (Å²) in [6, 6.07) is 10.1. The number of carbonyl (C=O) groups is 1. The molecular formula is C19H16FN3OS. The molecule has 1 atom stereocenters. The largest absolute Gasteiger partial charge is 0.324 e. The predicted molar refractivity (Wildman–Crippen MR) is 96.2 cm³/mol. The van der Waals surface area contributed by atoms with E-state index in [9.17, 15) is 9.18 Å². The number of benzene rings is 1. The van der Waals surface area contributed by atoms with Crippen molar-refractivity contribution in [1.29, 1.82) is 0 Å². The van der Waals surface area contributed by atoms with Gasteiger partial charge in [-0.15, -0.1) is 11.3 Å². The Hall–Kier alpha value is -2.60. The van der Waals surface area contributed by atoms with Crippen LogP contribution in [-0.4, -0.2) is 15.8 Å². The number of ketones is 1. The molecule has 1 aliphatic carbocycles. The highest BCUT2D eigenvalue weighted by molar-refractivity contribution is 7.10. The zero-order chi connectivity index (χ0) is 17.4. The molecule has 0 radical (unpaired) electrons. The van der Waals surface area contributed by atoms with Gasteiger partial charge in [0.1, 0.15) is 5.82 Å². The molecule has 1 aromatic carbocycles. The molecule has 25 heavy (non-hydrogen) atoms. The van der Waals surface area contributed by atoms with Gasteiger partial charge >= 0.3 is 0 Å². The number of halogens is 1. The summed E-state index contributed by atoms with van der Waals surface area (Å²) >= 11 is 1.67. The normalized spacial score (nSPS) is 16.6. The van der Waals surface area contributed by atoms with Crippen LogP contribution in [0.1, 0.15) is 39.0 Å². The van der Waals surface area contributed by atoms with Gasteiger partial charge in [0.2, 0.25) is 5.95 Å². The van der Waals surface area contributed by atoms with Crippen LogP contribution in [0.25, 0.3) is 0 Å². The molecule has 0 spiro atoms. The molecule has 0 unspecified atom stereocenters. The van der Waals surface area contributed by atoms with Crippen molar-refractivity contribution in [3.05, 3.63) is 69.4 Å². The maximum Gasteiger partial charge on any atom is 0.227 e. The highest BCUT2D eigenvalue weighted by Gasteiger charge is 2.30. The van der Waals surface area contributed by atoms with Crippen LogP contribution in [0.2, 0.25) is 0 Å². The molecule has 0 bridgehead atoms. The zero-order valence-electron chi connectivity index (χ0n) is 13.6. The Bertz CT molecular complexity index is 923. The third-order valence-corrected chi connectivity index (χ3v) is 5.40. The van der Waals surface area contributed by atoms with Crippen molar-refractivity contribution < 1.29 is 9.18 Å². The number of Topliss-reactive ketones (excluding diaryl/α,β-unsaturated/α-hetero) is 1. The number of carbonyl (C=O) groups excluding carboxylic acids is 1. The molecular weight excluding hydrogens is 337 g/mol. The molecule has 4 nitrogen and oxygen atoms in total. The number of hydrogen-bond acceptors (Lipinski definition) is 5. The molecule has 126 valence electrons. The molecule has 0 aliphatic heterocycles. The molecule has 0 saturated heterocycles. The van der Waals surface area contributed by atoms with Gasteiger partial charge < -0.3 is 5.32 Å². The number of rotatable bonds is 3. The van der Waals surface area contributed by atoms with Crippen LogP contribution in [-0.2, 0) is 6.42 Å². The van der Waals surface area contributed by atoms with Gasteiger partial charge in [-0.1, -0.05) is 6.07 Å². The Morgan fingerprint density at radius 2 is 1.96 bits per heavy atom. The van der Waals surface area contributed by atoms with E-state index in [1.165, 1.54) is 17.0 Å². The lowest BCUT2D eigenvalue weighted by Gasteiger charge is -2.23. The summed E-state index contributed by atoms with van der Waals surface area (Å²) in [7, 11) is 0. The average molecular weight is 353 g/mol. The fourth-order valence-corrected chi connectivity index (χ4v) is 4.05. The van der Waals surface area contributed by atoms with E-state index in [2.05, 4.69) is 21.4 Å². The minimum Gasteiger partial charge on any atom is -0.324 e. The number of hydrogen-bond donors (Lipinski definition) is 1. The van der Waals surface area contributed by atoms with Crippen molar-refractivity contribution in [1.82, 2.24) is 9.97 Å². The SMILES string of the molecule is Cc1nc(Nc2ccc(F)cc2)nc2c1C(=O)C[C@@H](c1cccs1)C2. The number of aryl methyl sites for hydroxylation is 1. The lowest BCUT2D eigenvalue weighted by molar-refractivity contribution is 0.0962. The van der Waals surface area contributed by atoms with Crippen molar-refractivity contribution in [3.63, 3.8) is 0 Å². The standard InChI is InChI=1S/C19H16FN3OS/c1-11-18-15(9-12(10-16(18)24)17-3-2-8-25-17)23-19(21-11)22-14-6-4-13(20)5-7-14/h2-8,12H,9-10H2,1H3,(H,21,22,23)/t12-/m0/s1. The monoisotopic (exact) mass is 353 g/mol. The van der Waals surface area contributed by atoms with Crippen LogP contribution in [0.15, 0.2) is 41.8 Å². The third kappa shape index (κ3) is 3.17. The Labute approximate surface area is 148 Å². The molecule has 0 fully saturated rings. The molecule has 6 heteroatoms. The van der Waals surface area contributed by atoms with E-state index in [4.69, 9.17) is 0 Å². The van der Waals surface area contributed by atoms with Gasteiger partial charge in [0, 0.05) is 22.9 Å². The van der Waals surface area contributed by atoms with Gasteiger partial charge in [0.05, 0.1) is 17.0 Å². The number of anilines is 2. The zero-order valence-corrected chi connectivity index (χ0v) is 14.4. The van der Waals surface area contributed by atoms with Crippen LogP contribution >= 0.6 is 11.3 Å². The van der Waals surface area contributed by atoms with Gasteiger partial charge in [-0.2, -0.15) is 0 Å². The third-order valence-electron chi connectivity index (χ3n) is 4.36. The number of nitrogens with zero attached hydrogens (tertiary/aromatic N) is 2. The van der Waals surface area contributed by atoms with E-state index >= 15 is 0 Å². The summed E-state index contributed by atoms with van der Waals surface area (Å²) in [5.74, 6) is 0.415. The Morgan fingerprint density at radius 1 is 1.16 bits per heavy atom. The van der Waals surface area contributed by atoms with Crippen molar-refractivity contribution in [2.45, 2.75) is 25.7 Å². The van der Waals surface area contributed by atoms with Crippen LogP contribution < -0.4 is 5.32 Å². The van der Waals surface area contributed by atoms with Crippen LogP contribution in [0.3, 0.4) is 0 Å². The topological polar surface area (TPSA) is 54.9 Å². The van der Waals surface area contributed by atoms with Crippen molar-refractivity contribution in [3.8, 4) is 0 Å². The fraction of sp³-hybridized carbons (Fsp3) is 0.211. The number of nitrogens with one attached hydrogen (secondary N) is 1. The summed E-state index contributed by atoms with van der Waals surface area (Å²) in [6.07, 6.45) is 1.23. The lowest BCUT2D eigenvalue weighted by atomic mass is 9.84. The van der Waals surface area contributed by atoms with E-state index in [-0.39, 0.29) is 17.5 Å². The van der Waals surface area contributed by atoms with Crippen molar-refractivity contribution in [2.24, 2.45) is 0 Å². The van der Waals surface area contributed by atoms with E-state index in [1.807, 2.05) is 18.4 Å². The minimum atomic E-state index is -0.294. The van der Waals surface area contributed by atoms with Crippen LogP contribution in [0, 0.1) is 12.7 Å². The summed E-state index contributed by atoms with van der Waals surface area (Å²) in [6.45, 7) is 1.83. The van der Waals surface area contributed by atoms with E-state index < -0.39 is 0 Å². The maximum absolute atomic E-state index is 13.0. The predicted octanol–water partition coefficient (Wildman–Crippen LogP) is 4.64. The molecule has 1 aliphatic rings. The summed E-state index contributed by atoms with van der Waals surface area (Å²) in [5.41, 5.74) is 2.83. The smallest absolute Gasteiger partial charge is 0.227 e. The Kier molecular flexibility index (Phi) is 4.05. The van der Waals surface area contributed by atoms with Crippen molar-refractivity contribution in [2.75, 3.05) is 5.32 Å². The highest BCUT2D eigenvalue weighted by atomic mass is 32.1. The number of thiophene rings is 1. The summed E-state index contributed by atoms with van der Waals surface area (Å²) < 4.78 is 13.0. The van der Waals surface area contributed by atoms with Crippen LogP contribution in [0.5, 0.6) is 0 Å². The molecule has 0 saturated carbocycles. The highest BCUT2D eigenvalue weighted by Crippen LogP contribution is 2.35. The first-order valence-electron chi connectivity index (χ1n) is 8.07. The summed E-state index contributed by atoms with van der Waals surface area (Å²) in [5, 5.41) is 5.12. The Morgan fingerprint density at radius 3 is 2.68 bits per heavy atom. The molecule has 2 aromatic heterocycles. The van der Waals surface area contributed by atoms with Gasteiger partial charge in [-0.3, -0.25) is 4.79 Å². The average Bonchev–Trinajstić information content (AvgIpc) is 3.11. The maximum atomic E-state index is 13.0. The second kappa shape index (κ2) is 6.37. The Balaban J connectivity index is 1.66. The molecule has 2 heterocycles. The van der Waals surface area contributed by atoms with Crippen LogP contribution in [0.4, 0.5) is 16.0 Å². The quantitative estimate of drug-likeness (QED) is 0.745. The van der Waals surface area contributed by atoms with E-state index in [0.717, 1.165) is 12.1 Å². The van der Waals surface area contributed by atoms with Gasteiger partial charge in [-0.25, -0.2) is 14.4 Å². The summed E-state index contributed by atoms with van der Waals surface area (Å²) in [4.78, 5) is 22.8.